The van der Waals surface area contributed by atoms with Crippen molar-refractivity contribution in [1.82, 2.24) is 0 Å². The number of nitrogens with zero attached hydrogens (tertiary/aromatic N) is 2. The first-order valence-electron chi connectivity index (χ1n) is 18.7. The van der Waals surface area contributed by atoms with E-state index in [9.17, 15) is 0 Å². The van der Waals surface area contributed by atoms with Crippen LogP contribution in [-0.2, 0) is 34.5 Å². The van der Waals surface area contributed by atoms with Crippen molar-refractivity contribution >= 4 is 57.2 Å². The molecule has 2 heterocycles. The summed E-state index contributed by atoms with van der Waals surface area (Å²) in [5.74, 6) is -33.4. The summed E-state index contributed by atoms with van der Waals surface area (Å²) >= 11 is 0. The van der Waals surface area contributed by atoms with Crippen molar-refractivity contribution in [2.45, 2.75) is 87.9 Å². The number of alkyl halides is 12. The van der Waals surface area contributed by atoms with Gasteiger partial charge in [-0.2, -0.15) is 52.7 Å². The number of anilines is 6. The zero-order valence-electron chi connectivity index (χ0n) is 32.2. The monoisotopic (exact) mass is 828 g/mol. The molecule has 2 aliphatic carbocycles. The van der Waals surface area contributed by atoms with Crippen molar-refractivity contribution in [3.63, 3.8) is 0 Å². The second-order valence-corrected chi connectivity index (χ2v) is 17.7. The lowest BCUT2D eigenvalue weighted by Gasteiger charge is -2.46. The molecule has 0 N–H and O–H groups in total. The van der Waals surface area contributed by atoms with E-state index in [0.29, 0.717) is 46.8 Å². The molecule has 0 unspecified atom stereocenters. The zero-order chi connectivity index (χ0) is 43.0. The number of benzene rings is 5. The van der Waals surface area contributed by atoms with Crippen LogP contribution in [0.4, 0.5) is 86.8 Å². The summed E-state index contributed by atoms with van der Waals surface area (Å²) in [5.41, 5.74) is -6.99. The van der Waals surface area contributed by atoms with Gasteiger partial charge >= 0.3 is 35.5 Å². The summed E-state index contributed by atoms with van der Waals surface area (Å²) in [4.78, 5) is 2.92. The van der Waals surface area contributed by atoms with Crippen molar-refractivity contribution in [3.8, 4) is 0 Å². The van der Waals surface area contributed by atoms with Crippen LogP contribution in [0.3, 0.4) is 0 Å². The third kappa shape index (κ3) is 4.70. The van der Waals surface area contributed by atoms with Crippen molar-refractivity contribution in [3.05, 3.63) is 124 Å². The molecule has 4 aliphatic rings. The molecule has 15 heteroatoms. The minimum absolute atomic E-state index is 0.166. The third-order valence-electron chi connectivity index (χ3n) is 12.1. The van der Waals surface area contributed by atoms with Crippen LogP contribution in [0.1, 0.15) is 74.9 Å². The first-order chi connectivity index (χ1) is 27.1. The second-order valence-electron chi connectivity index (χ2n) is 17.7. The SMILES string of the molecule is CC(C)(C)c1ccccc1N1c2cc3c(cc2B2c4cc5c(cc4N(c4ccccc4C(C)(C)C)c4cccc1c42)C(F)(F)C(F)(F)C5(F)F)C(F)(F)C(F)(F)C3(F)F. The summed E-state index contributed by atoms with van der Waals surface area (Å²) in [6.45, 7) is 9.53. The van der Waals surface area contributed by atoms with E-state index < -0.39 is 75.3 Å². The average molecular weight is 829 g/mol. The average Bonchev–Trinajstić information content (AvgIpc) is 3.32. The molecule has 306 valence electrons. The molecule has 59 heavy (non-hydrogen) atoms. The summed E-state index contributed by atoms with van der Waals surface area (Å²) in [7, 11) is 0. The molecule has 0 saturated heterocycles. The molecule has 0 atom stereocenters. The van der Waals surface area contributed by atoms with Gasteiger partial charge < -0.3 is 9.80 Å². The molecule has 0 aromatic heterocycles. The Balaban J connectivity index is 1.47. The van der Waals surface area contributed by atoms with E-state index in [2.05, 4.69) is 0 Å². The smallest absolute Gasteiger partial charge is 0.311 e. The van der Waals surface area contributed by atoms with Gasteiger partial charge in [0.25, 0.3) is 6.71 Å². The van der Waals surface area contributed by atoms with Crippen LogP contribution in [0.2, 0.25) is 0 Å². The summed E-state index contributed by atoms with van der Waals surface area (Å²) in [5, 5.41) is 0. The Labute approximate surface area is 331 Å². The molecule has 0 spiro atoms. The maximum Gasteiger partial charge on any atom is 0.380 e. The van der Waals surface area contributed by atoms with Gasteiger partial charge in [0.1, 0.15) is 0 Å². The topological polar surface area (TPSA) is 6.48 Å². The largest absolute Gasteiger partial charge is 0.380 e. The highest BCUT2D eigenvalue weighted by Gasteiger charge is 2.80. The van der Waals surface area contributed by atoms with Gasteiger partial charge in [-0.25, -0.2) is 0 Å². The lowest BCUT2D eigenvalue weighted by molar-refractivity contribution is -0.302. The van der Waals surface area contributed by atoms with E-state index in [4.69, 9.17) is 0 Å². The molecule has 0 radical (unpaired) electrons. The van der Waals surface area contributed by atoms with E-state index in [1.807, 2.05) is 41.5 Å². The molecular formula is C44H33BF12N2. The first kappa shape index (κ1) is 39.4. The number of fused-ring (bicyclic) bond motifs is 6. The van der Waals surface area contributed by atoms with Crippen LogP contribution in [0.15, 0.2) is 91.0 Å². The van der Waals surface area contributed by atoms with Gasteiger partial charge in [0.2, 0.25) is 0 Å². The Morgan fingerprint density at radius 3 is 1.03 bits per heavy atom. The first-order valence-corrected chi connectivity index (χ1v) is 18.7. The van der Waals surface area contributed by atoms with Gasteiger partial charge in [0.05, 0.1) is 0 Å². The molecular weight excluding hydrogens is 795 g/mol. The highest BCUT2D eigenvalue weighted by atomic mass is 19.4. The van der Waals surface area contributed by atoms with Gasteiger partial charge in [-0.05, 0) is 74.7 Å². The Kier molecular flexibility index (Phi) is 7.60. The summed E-state index contributed by atoms with van der Waals surface area (Å²) in [6.07, 6.45) is 0. The fraction of sp³-hybridized carbons (Fsp3) is 0.318. The van der Waals surface area contributed by atoms with E-state index >= 15 is 52.7 Å². The number of halogens is 12. The number of para-hydroxylation sites is 2. The fourth-order valence-corrected chi connectivity index (χ4v) is 9.26. The van der Waals surface area contributed by atoms with E-state index in [1.165, 1.54) is 9.80 Å². The van der Waals surface area contributed by atoms with Gasteiger partial charge in [0, 0.05) is 56.4 Å². The molecule has 2 nitrogen and oxygen atoms in total. The van der Waals surface area contributed by atoms with Crippen LogP contribution in [0, 0.1) is 0 Å². The fourth-order valence-electron chi connectivity index (χ4n) is 9.26. The predicted molar refractivity (Wildman–Crippen MR) is 203 cm³/mol. The minimum atomic E-state index is -5.89. The lowest BCUT2D eigenvalue weighted by Crippen LogP contribution is -2.62. The lowest BCUT2D eigenvalue weighted by atomic mass is 9.33. The van der Waals surface area contributed by atoms with Gasteiger partial charge in [-0.1, -0.05) is 96.1 Å². The molecule has 5 aromatic rings. The Morgan fingerprint density at radius 2 is 0.695 bits per heavy atom. The number of rotatable bonds is 2. The van der Waals surface area contributed by atoms with Crippen molar-refractivity contribution < 1.29 is 52.7 Å². The van der Waals surface area contributed by atoms with Gasteiger partial charge in [0.15, 0.2) is 0 Å². The van der Waals surface area contributed by atoms with Crippen LogP contribution in [-0.4, -0.2) is 18.6 Å². The van der Waals surface area contributed by atoms with Crippen LogP contribution < -0.4 is 26.2 Å². The van der Waals surface area contributed by atoms with Gasteiger partial charge in [-0.15, -0.1) is 0 Å². The zero-order valence-corrected chi connectivity index (χ0v) is 32.2. The number of hydrogen-bond acceptors (Lipinski definition) is 2. The number of hydrogen-bond donors (Lipinski definition) is 0. The second kappa shape index (κ2) is 11.4. The minimum Gasteiger partial charge on any atom is -0.311 e. The van der Waals surface area contributed by atoms with E-state index in [0.717, 1.165) is 0 Å². The molecule has 0 fully saturated rings. The molecule has 0 saturated carbocycles. The predicted octanol–water partition coefficient (Wildman–Crippen LogP) is 12.0. The van der Waals surface area contributed by atoms with Crippen molar-refractivity contribution in [2.75, 3.05) is 9.80 Å². The Hall–Kier alpha value is -5.08. The summed E-state index contributed by atoms with van der Waals surface area (Å²) < 4.78 is 186. The van der Waals surface area contributed by atoms with Crippen LogP contribution >= 0.6 is 0 Å². The molecule has 0 amide bonds. The Morgan fingerprint density at radius 1 is 0.390 bits per heavy atom. The van der Waals surface area contributed by atoms with Gasteiger partial charge in [-0.3, -0.25) is 0 Å². The quantitative estimate of drug-likeness (QED) is 0.127. The van der Waals surface area contributed by atoms with E-state index in [-0.39, 0.29) is 39.1 Å². The normalized spacial score (nSPS) is 20.7. The summed E-state index contributed by atoms with van der Waals surface area (Å²) in [6, 6.07) is 20.1. The molecule has 0 bridgehead atoms. The highest BCUT2D eigenvalue weighted by molar-refractivity contribution is 7.00. The third-order valence-corrected chi connectivity index (χ3v) is 12.1. The molecule has 5 aromatic carbocycles. The maximum atomic E-state index is 15.7. The van der Waals surface area contributed by atoms with Crippen molar-refractivity contribution in [1.29, 1.82) is 0 Å². The maximum absolute atomic E-state index is 15.7. The van der Waals surface area contributed by atoms with Crippen molar-refractivity contribution in [2.24, 2.45) is 0 Å². The highest BCUT2D eigenvalue weighted by Crippen LogP contribution is 2.65. The van der Waals surface area contributed by atoms with Crippen LogP contribution in [0.25, 0.3) is 0 Å². The standard InChI is InChI=1S/C44H33BF12N2/c1-37(2,3)22-12-7-9-14-30(22)58-32-16-11-17-33-36(32)45(28-18-24-26(20-34(28)58)41(50,51)43(54,55)39(24,46)47)29-19-25-27(42(52,53)44(56,57)40(25,48)49)21-35(29)59(33)31-15-10-8-13-23(31)38(4,5)6/h7-21H,1-6H3. The van der Waals surface area contributed by atoms with Crippen LogP contribution in [0.5, 0.6) is 0 Å². The molecule has 9 rings (SSSR count). The molecule has 2 aliphatic heterocycles. The van der Waals surface area contributed by atoms with E-state index in [1.54, 1.807) is 66.7 Å². The Bertz CT molecular complexity index is 2460.